The number of aromatic nitrogens is 1. The van der Waals surface area contributed by atoms with Gasteiger partial charge in [-0.3, -0.25) is 14.7 Å². The van der Waals surface area contributed by atoms with Gasteiger partial charge in [0, 0.05) is 49.6 Å². The van der Waals surface area contributed by atoms with E-state index in [0.717, 1.165) is 42.9 Å². The Morgan fingerprint density at radius 2 is 1.88 bits per heavy atom. The van der Waals surface area contributed by atoms with Crippen molar-refractivity contribution in [2.75, 3.05) is 32.8 Å². The van der Waals surface area contributed by atoms with Gasteiger partial charge in [-0.1, -0.05) is 12.1 Å². The average Bonchev–Trinajstić information content (AvgIpc) is 2.64. The van der Waals surface area contributed by atoms with Gasteiger partial charge in [-0.2, -0.15) is 0 Å². The predicted molar refractivity (Wildman–Crippen MR) is 101 cm³/mol. The molecule has 1 aliphatic rings. The van der Waals surface area contributed by atoms with Crippen molar-refractivity contribution in [3.05, 3.63) is 58.3 Å². The van der Waals surface area contributed by atoms with Gasteiger partial charge in [0.2, 0.25) is 0 Å². The number of piperazine rings is 1. The van der Waals surface area contributed by atoms with Gasteiger partial charge in [-0.25, -0.2) is 0 Å². The maximum atomic E-state index is 12.5. The van der Waals surface area contributed by atoms with Crippen molar-refractivity contribution in [1.82, 2.24) is 14.8 Å². The summed E-state index contributed by atoms with van der Waals surface area (Å²) in [6.45, 7) is 6.79. The highest BCUT2D eigenvalue weighted by atomic mass is 79.9. The molecule has 0 radical (unpaired) electrons. The van der Waals surface area contributed by atoms with E-state index in [9.17, 15) is 4.79 Å². The first-order valence-corrected chi connectivity index (χ1v) is 9.29. The van der Waals surface area contributed by atoms with E-state index in [2.05, 4.69) is 37.9 Å². The Morgan fingerprint density at radius 3 is 2.52 bits per heavy atom. The Hall–Kier alpha value is -1.92. The van der Waals surface area contributed by atoms with Gasteiger partial charge in [0.1, 0.15) is 5.75 Å². The van der Waals surface area contributed by atoms with E-state index in [1.54, 1.807) is 12.4 Å². The van der Waals surface area contributed by atoms with Crippen molar-refractivity contribution in [1.29, 1.82) is 0 Å². The average molecular weight is 404 g/mol. The second kappa shape index (κ2) is 8.45. The van der Waals surface area contributed by atoms with Crippen LogP contribution in [0.5, 0.6) is 5.75 Å². The Bertz CT molecular complexity index is 713. The molecule has 1 aromatic carbocycles. The van der Waals surface area contributed by atoms with Gasteiger partial charge in [-0.15, -0.1) is 0 Å². The molecule has 2 aromatic rings. The van der Waals surface area contributed by atoms with Crippen molar-refractivity contribution in [2.24, 2.45) is 0 Å². The highest BCUT2D eigenvalue weighted by Gasteiger charge is 2.22. The van der Waals surface area contributed by atoms with Gasteiger partial charge >= 0.3 is 0 Å². The summed E-state index contributed by atoms with van der Waals surface area (Å²) in [5.74, 6) is 0.957. The summed E-state index contributed by atoms with van der Waals surface area (Å²) in [5.41, 5.74) is 1.90. The van der Waals surface area contributed by atoms with Crippen molar-refractivity contribution in [3.63, 3.8) is 0 Å². The highest BCUT2D eigenvalue weighted by molar-refractivity contribution is 9.10. The van der Waals surface area contributed by atoms with E-state index in [-0.39, 0.29) is 5.91 Å². The smallest absolute Gasteiger partial charge is 0.255 e. The second-order valence-electron chi connectivity index (χ2n) is 6.04. The maximum absolute atomic E-state index is 12.5. The van der Waals surface area contributed by atoms with Crippen molar-refractivity contribution in [2.45, 2.75) is 13.5 Å². The van der Waals surface area contributed by atoms with Gasteiger partial charge < -0.3 is 9.64 Å². The van der Waals surface area contributed by atoms with Gasteiger partial charge in [0.05, 0.1) is 12.2 Å². The number of hydrogen-bond donors (Lipinski definition) is 0. The van der Waals surface area contributed by atoms with Crippen molar-refractivity contribution < 1.29 is 9.53 Å². The number of amides is 1. The third-order valence-corrected chi connectivity index (χ3v) is 4.69. The molecule has 0 unspecified atom stereocenters. The van der Waals surface area contributed by atoms with E-state index in [1.165, 1.54) is 5.56 Å². The van der Waals surface area contributed by atoms with E-state index in [4.69, 9.17) is 4.74 Å². The number of pyridine rings is 1. The fourth-order valence-corrected chi connectivity index (χ4v) is 3.30. The monoisotopic (exact) mass is 403 g/mol. The molecular weight excluding hydrogens is 382 g/mol. The van der Waals surface area contributed by atoms with Crippen molar-refractivity contribution in [3.8, 4) is 5.75 Å². The molecule has 0 N–H and O–H groups in total. The summed E-state index contributed by atoms with van der Waals surface area (Å²) in [6, 6.07) is 10.1. The minimum Gasteiger partial charge on any atom is -0.494 e. The van der Waals surface area contributed by atoms with Crippen LogP contribution in [0.4, 0.5) is 0 Å². The van der Waals surface area contributed by atoms with Crippen LogP contribution in [0.15, 0.2) is 47.2 Å². The summed E-state index contributed by atoms with van der Waals surface area (Å²) in [7, 11) is 0. The summed E-state index contributed by atoms with van der Waals surface area (Å²) >= 11 is 3.37. The topological polar surface area (TPSA) is 45.7 Å². The fraction of sp³-hybridized carbons (Fsp3) is 0.368. The summed E-state index contributed by atoms with van der Waals surface area (Å²) in [6.07, 6.45) is 3.31. The maximum Gasteiger partial charge on any atom is 0.255 e. The predicted octanol–water partition coefficient (Wildman–Crippen LogP) is 3.20. The molecule has 2 heterocycles. The molecule has 1 aromatic heterocycles. The van der Waals surface area contributed by atoms with E-state index in [1.807, 2.05) is 30.0 Å². The lowest BCUT2D eigenvalue weighted by Crippen LogP contribution is -2.48. The number of benzene rings is 1. The first-order valence-electron chi connectivity index (χ1n) is 8.49. The normalized spacial score (nSPS) is 15.2. The third kappa shape index (κ3) is 4.80. The Morgan fingerprint density at radius 1 is 1.16 bits per heavy atom. The summed E-state index contributed by atoms with van der Waals surface area (Å²) < 4.78 is 6.30. The van der Waals surface area contributed by atoms with E-state index in [0.29, 0.717) is 12.2 Å². The number of rotatable bonds is 5. The van der Waals surface area contributed by atoms with Crippen LogP contribution in [0.2, 0.25) is 0 Å². The van der Waals surface area contributed by atoms with Crippen LogP contribution in [0.1, 0.15) is 22.8 Å². The van der Waals surface area contributed by atoms with Crippen LogP contribution in [0, 0.1) is 0 Å². The van der Waals surface area contributed by atoms with Crippen LogP contribution >= 0.6 is 15.9 Å². The lowest BCUT2D eigenvalue weighted by Gasteiger charge is -2.34. The van der Waals surface area contributed by atoms with Crippen molar-refractivity contribution >= 4 is 21.8 Å². The lowest BCUT2D eigenvalue weighted by molar-refractivity contribution is 0.0628. The van der Waals surface area contributed by atoms with Gasteiger partial charge in [-0.05, 0) is 46.6 Å². The zero-order chi connectivity index (χ0) is 17.6. The van der Waals surface area contributed by atoms with Gasteiger partial charge in [0.15, 0.2) is 0 Å². The third-order valence-electron chi connectivity index (χ3n) is 4.25. The highest BCUT2D eigenvalue weighted by Crippen LogP contribution is 2.16. The molecule has 1 amide bonds. The molecule has 0 aliphatic carbocycles. The molecule has 6 heteroatoms. The number of halogens is 1. The standard InChI is InChI=1S/C19H22BrN3O2/c1-2-25-18-5-3-15(4-6-18)14-22-7-9-23(10-8-22)19(24)16-11-17(20)13-21-12-16/h3-6,11-13H,2,7-10,14H2,1H3. The van der Waals surface area contributed by atoms with E-state index < -0.39 is 0 Å². The number of hydrogen-bond acceptors (Lipinski definition) is 4. The molecule has 132 valence electrons. The molecule has 0 spiro atoms. The van der Waals surface area contributed by atoms with Gasteiger partial charge in [0.25, 0.3) is 5.91 Å². The molecule has 0 saturated carbocycles. The van der Waals surface area contributed by atoms with Crippen LogP contribution in [0.25, 0.3) is 0 Å². The molecule has 0 atom stereocenters. The summed E-state index contributed by atoms with van der Waals surface area (Å²) in [5, 5.41) is 0. The zero-order valence-corrected chi connectivity index (χ0v) is 15.9. The number of nitrogens with zero attached hydrogens (tertiary/aromatic N) is 3. The molecule has 0 bridgehead atoms. The van der Waals surface area contributed by atoms with E-state index >= 15 is 0 Å². The number of carbonyl (C=O) groups is 1. The van der Waals surface area contributed by atoms with Crippen LogP contribution in [0.3, 0.4) is 0 Å². The first-order chi connectivity index (χ1) is 12.2. The molecule has 1 saturated heterocycles. The Labute approximate surface area is 156 Å². The number of carbonyl (C=O) groups excluding carboxylic acids is 1. The molecule has 25 heavy (non-hydrogen) atoms. The first kappa shape index (κ1) is 17.9. The zero-order valence-electron chi connectivity index (χ0n) is 14.3. The molecule has 1 fully saturated rings. The van der Waals surface area contributed by atoms with Crippen LogP contribution < -0.4 is 4.74 Å². The quantitative estimate of drug-likeness (QED) is 0.768. The Balaban J connectivity index is 1.52. The fourth-order valence-electron chi connectivity index (χ4n) is 2.94. The second-order valence-corrected chi connectivity index (χ2v) is 6.95. The largest absolute Gasteiger partial charge is 0.494 e. The summed E-state index contributed by atoms with van der Waals surface area (Å²) in [4.78, 5) is 20.9. The molecular formula is C19H22BrN3O2. The molecule has 3 rings (SSSR count). The minimum absolute atomic E-state index is 0.0505. The van der Waals surface area contributed by atoms with Crippen LogP contribution in [-0.2, 0) is 6.54 Å². The SMILES string of the molecule is CCOc1ccc(CN2CCN(C(=O)c3cncc(Br)c3)CC2)cc1. The molecule has 1 aliphatic heterocycles. The lowest BCUT2D eigenvalue weighted by atomic mass is 10.1. The molecule has 5 nitrogen and oxygen atoms in total. The van der Waals surface area contributed by atoms with Crippen LogP contribution in [-0.4, -0.2) is 53.5 Å². The Kier molecular flexibility index (Phi) is 6.04. The minimum atomic E-state index is 0.0505. The number of ether oxygens (including phenoxy) is 1.